The Hall–Kier alpha value is -1.07. The monoisotopic (exact) mass is 280 g/mol. The fourth-order valence-corrected chi connectivity index (χ4v) is 3.27. The first-order valence-corrected chi connectivity index (χ1v) is 7.73. The highest BCUT2D eigenvalue weighted by atomic mass is 32.2. The third-order valence-corrected chi connectivity index (χ3v) is 4.44. The summed E-state index contributed by atoms with van der Waals surface area (Å²) in [6.45, 7) is 0.503. The van der Waals surface area contributed by atoms with Crippen LogP contribution >= 0.6 is 11.8 Å². The zero-order chi connectivity index (χ0) is 13.5. The first-order valence-electron chi connectivity index (χ1n) is 6.74. The highest BCUT2D eigenvalue weighted by Gasteiger charge is 2.25. The van der Waals surface area contributed by atoms with Crippen LogP contribution in [0.25, 0.3) is 0 Å². The number of carbonyl (C=O) groups is 1. The summed E-state index contributed by atoms with van der Waals surface area (Å²) in [5.41, 5.74) is 0. The van der Waals surface area contributed by atoms with E-state index in [1.165, 1.54) is 24.6 Å². The second-order valence-electron chi connectivity index (χ2n) is 4.72. The van der Waals surface area contributed by atoms with E-state index in [4.69, 9.17) is 5.11 Å². The molecule has 0 saturated heterocycles. The van der Waals surface area contributed by atoms with Crippen molar-refractivity contribution in [2.45, 2.75) is 36.6 Å². The third kappa shape index (κ3) is 4.21. The van der Waals surface area contributed by atoms with Crippen LogP contribution in [0.3, 0.4) is 0 Å². The van der Waals surface area contributed by atoms with Crippen LogP contribution in [-0.2, 0) is 4.79 Å². The maximum atomic E-state index is 12.3. The molecule has 0 atom stereocenters. The maximum Gasteiger partial charge on any atom is 0.233 e. The van der Waals surface area contributed by atoms with Crippen LogP contribution in [0, 0.1) is 0 Å². The maximum absolute atomic E-state index is 12.3. The summed E-state index contributed by atoms with van der Waals surface area (Å²) >= 11 is 1.53. The van der Waals surface area contributed by atoms with Crippen LogP contribution in [0.2, 0.25) is 0 Å². The van der Waals surface area contributed by atoms with E-state index in [9.17, 15) is 4.79 Å². The number of aliphatic hydroxyl groups excluding tert-OH is 1. The van der Waals surface area contributed by atoms with E-state index in [0.29, 0.717) is 18.3 Å². The Morgan fingerprint density at radius 2 is 2.05 bits per heavy atom. The van der Waals surface area contributed by atoms with Crippen molar-refractivity contribution < 1.29 is 9.90 Å². The Balaban J connectivity index is 1.88. The molecule has 1 aromatic heterocycles. The minimum absolute atomic E-state index is 0.0438. The molecule has 0 aromatic carbocycles. The standard InChI is InChI=1S/C14H20N2O2S/c17-10-9-16(12-3-1-2-4-12)14(18)11-19-13-5-7-15-8-6-13/h5-8,12,17H,1-4,9-11H2. The molecule has 0 aliphatic heterocycles. The summed E-state index contributed by atoms with van der Waals surface area (Å²) in [7, 11) is 0. The summed E-state index contributed by atoms with van der Waals surface area (Å²) in [6.07, 6.45) is 8.00. The molecule has 1 aromatic rings. The molecule has 1 fully saturated rings. The summed E-state index contributed by atoms with van der Waals surface area (Å²) in [4.78, 5) is 19.1. The van der Waals surface area contributed by atoms with Gasteiger partial charge in [-0.2, -0.15) is 0 Å². The molecule has 2 rings (SSSR count). The van der Waals surface area contributed by atoms with Crippen molar-refractivity contribution in [3.8, 4) is 0 Å². The van der Waals surface area contributed by atoms with Gasteiger partial charge in [-0.3, -0.25) is 9.78 Å². The first kappa shape index (κ1) is 14.3. The molecular weight excluding hydrogens is 260 g/mol. The normalized spacial score (nSPS) is 15.6. The van der Waals surface area contributed by atoms with Crippen molar-refractivity contribution in [1.29, 1.82) is 0 Å². The first-order chi connectivity index (χ1) is 9.31. The molecule has 5 heteroatoms. The molecule has 1 aliphatic rings. The Kier molecular flexibility index (Phi) is 5.66. The van der Waals surface area contributed by atoms with E-state index in [0.717, 1.165) is 17.7 Å². The van der Waals surface area contributed by atoms with Gasteiger partial charge in [0.05, 0.1) is 12.4 Å². The molecule has 1 amide bonds. The van der Waals surface area contributed by atoms with Gasteiger partial charge in [0.1, 0.15) is 0 Å². The summed E-state index contributed by atoms with van der Waals surface area (Å²) in [6, 6.07) is 4.14. The second-order valence-corrected chi connectivity index (χ2v) is 5.77. The number of aliphatic hydroxyl groups is 1. The van der Waals surface area contributed by atoms with Gasteiger partial charge in [0.25, 0.3) is 0 Å². The van der Waals surface area contributed by atoms with E-state index in [1.807, 2.05) is 17.0 Å². The number of thioether (sulfide) groups is 1. The molecule has 4 nitrogen and oxygen atoms in total. The van der Waals surface area contributed by atoms with E-state index in [1.54, 1.807) is 12.4 Å². The van der Waals surface area contributed by atoms with Crippen LogP contribution in [0.1, 0.15) is 25.7 Å². The lowest BCUT2D eigenvalue weighted by Gasteiger charge is -2.28. The molecule has 0 spiro atoms. The van der Waals surface area contributed by atoms with Crippen molar-refractivity contribution in [2.24, 2.45) is 0 Å². The predicted octanol–water partition coefficient (Wildman–Crippen LogP) is 1.94. The van der Waals surface area contributed by atoms with Crippen LogP contribution < -0.4 is 0 Å². The van der Waals surface area contributed by atoms with Gasteiger partial charge in [-0.05, 0) is 25.0 Å². The smallest absolute Gasteiger partial charge is 0.233 e. The fourth-order valence-electron chi connectivity index (χ4n) is 2.50. The van der Waals surface area contributed by atoms with Gasteiger partial charge in [0.2, 0.25) is 5.91 Å². The van der Waals surface area contributed by atoms with E-state index < -0.39 is 0 Å². The predicted molar refractivity (Wildman–Crippen MR) is 76.0 cm³/mol. The van der Waals surface area contributed by atoms with Crippen LogP contribution in [-0.4, -0.2) is 45.8 Å². The number of nitrogens with zero attached hydrogens (tertiary/aromatic N) is 2. The Bertz CT molecular complexity index is 394. The number of pyridine rings is 1. The average molecular weight is 280 g/mol. The Labute approximate surface area is 118 Å². The molecule has 1 heterocycles. The van der Waals surface area contributed by atoms with E-state index in [-0.39, 0.29) is 12.5 Å². The number of hydrogen-bond acceptors (Lipinski definition) is 4. The van der Waals surface area contributed by atoms with E-state index in [2.05, 4.69) is 4.98 Å². The third-order valence-electron chi connectivity index (χ3n) is 3.44. The lowest BCUT2D eigenvalue weighted by Crippen LogP contribution is -2.41. The van der Waals surface area contributed by atoms with Crippen LogP contribution in [0.4, 0.5) is 0 Å². The number of amides is 1. The fraction of sp³-hybridized carbons (Fsp3) is 0.571. The van der Waals surface area contributed by atoms with Crippen molar-refractivity contribution >= 4 is 17.7 Å². The highest BCUT2D eigenvalue weighted by molar-refractivity contribution is 8.00. The Morgan fingerprint density at radius 1 is 1.37 bits per heavy atom. The average Bonchev–Trinajstić information content (AvgIpc) is 2.97. The molecule has 1 N–H and O–H groups in total. The Morgan fingerprint density at radius 3 is 2.68 bits per heavy atom. The molecule has 0 radical (unpaired) electrons. The largest absolute Gasteiger partial charge is 0.395 e. The number of hydrogen-bond donors (Lipinski definition) is 1. The number of rotatable bonds is 6. The van der Waals surface area contributed by atoms with Gasteiger partial charge in [-0.25, -0.2) is 0 Å². The molecule has 0 unspecified atom stereocenters. The molecule has 1 saturated carbocycles. The lowest BCUT2D eigenvalue weighted by molar-refractivity contribution is -0.131. The zero-order valence-corrected chi connectivity index (χ0v) is 11.8. The quantitative estimate of drug-likeness (QED) is 0.809. The van der Waals surface area contributed by atoms with Crippen LogP contribution in [0.15, 0.2) is 29.4 Å². The van der Waals surface area contributed by atoms with Crippen molar-refractivity contribution in [1.82, 2.24) is 9.88 Å². The van der Waals surface area contributed by atoms with Crippen molar-refractivity contribution in [2.75, 3.05) is 18.9 Å². The van der Waals surface area contributed by atoms with Gasteiger partial charge >= 0.3 is 0 Å². The molecule has 104 valence electrons. The van der Waals surface area contributed by atoms with Gasteiger partial charge in [0, 0.05) is 29.9 Å². The molecule has 1 aliphatic carbocycles. The van der Waals surface area contributed by atoms with Crippen LogP contribution in [0.5, 0.6) is 0 Å². The van der Waals surface area contributed by atoms with Crippen molar-refractivity contribution in [3.63, 3.8) is 0 Å². The van der Waals surface area contributed by atoms with E-state index >= 15 is 0 Å². The molecule has 19 heavy (non-hydrogen) atoms. The SMILES string of the molecule is O=C(CSc1ccncc1)N(CCO)C1CCCC1. The van der Waals surface area contributed by atoms with Gasteiger partial charge in [0.15, 0.2) is 0 Å². The number of aromatic nitrogens is 1. The van der Waals surface area contributed by atoms with Gasteiger partial charge in [-0.1, -0.05) is 12.8 Å². The summed E-state index contributed by atoms with van der Waals surface area (Å²) in [5.74, 6) is 0.559. The summed E-state index contributed by atoms with van der Waals surface area (Å²) in [5, 5.41) is 9.12. The minimum atomic E-state index is 0.0438. The zero-order valence-electron chi connectivity index (χ0n) is 11.0. The molecular formula is C14H20N2O2S. The van der Waals surface area contributed by atoms with Gasteiger partial charge < -0.3 is 10.0 Å². The highest BCUT2D eigenvalue weighted by Crippen LogP contribution is 2.25. The topological polar surface area (TPSA) is 53.4 Å². The minimum Gasteiger partial charge on any atom is -0.395 e. The number of carbonyl (C=O) groups excluding carboxylic acids is 1. The van der Waals surface area contributed by atoms with Crippen molar-refractivity contribution in [3.05, 3.63) is 24.5 Å². The van der Waals surface area contributed by atoms with Gasteiger partial charge in [-0.15, -0.1) is 11.8 Å². The second kappa shape index (κ2) is 7.50. The lowest BCUT2D eigenvalue weighted by atomic mass is 10.2. The molecule has 0 bridgehead atoms. The summed E-state index contributed by atoms with van der Waals surface area (Å²) < 4.78 is 0.